The summed E-state index contributed by atoms with van der Waals surface area (Å²) in [5, 5.41) is 3.37. The molecular weight excluding hydrogens is 323 g/mol. The highest BCUT2D eigenvalue weighted by atomic mass is 35.5. The molecule has 9 heteroatoms. The molecule has 0 bridgehead atoms. The number of pyridine rings is 2. The Hall–Kier alpha value is -1.57. The van der Waals surface area contributed by atoms with Gasteiger partial charge in [0.1, 0.15) is 16.5 Å². The largest absolute Gasteiger partial charge is 0.372 e. The highest BCUT2D eigenvalue weighted by Crippen LogP contribution is 2.23. The minimum absolute atomic E-state index is 0.0572. The minimum atomic E-state index is -3.80. The van der Waals surface area contributed by atoms with Crippen molar-refractivity contribution in [2.24, 2.45) is 0 Å². The fourth-order valence-corrected chi connectivity index (χ4v) is 2.80. The van der Waals surface area contributed by atoms with Gasteiger partial charge in [0.25, 0.3) is 10.0 Å². The molecule has 0 aliphatic carbocycles. The molecule has 2 rings (SSSR count). The Labute approximate surface area is 126 Å². The van der Waals surface area contributed by atoms with E-state index in [0.717, 1.165) is 0 Å². The minimum Gasteiger partial charge on any atom is -0.372 e. The van der Waals surface area contributed by atoms with E-state index in [9.17, 15) is 8.42 Å². The molecular formula is C11H10Cl2N4O2S. The van der Waals surface area contributed by atoms with Gasteiger partial charge in [-0.1, -0.05) is 23.2 Å². The van der Waals surface area contributed by atoms with E-state index in [-0.39, 0.29) is 15.7 Å². The normalized spacial score (nSPS) is 11.2. The van der Waals surface area contributed by atoms with Crippen molar-refractivity contribution >= 4 is 44.9 Å². The predicted octanol–water partition coefficient (Wildman–Crippen LogP) is 2.63. The van der Waals surface area contributed by atoms with Crippen molar-refractivity contribution in [2.45, 2.75) is 4.90 Å². The first-order valence-electron chi connectivity index (χ1n) is 5.40. The number of halogens is 2. The van der Waals surface area contributed by atoms with E-state index >= 15 is 0 Å². The number of sulfonamides is 1. The second-order valence-electron chi connectivity index (χ2n) is 3.72. The molecule has 0 unspecified atom stereocenters. The molecule has 0 atom stereocenters. The lowest BCUT2D eigenvalue weighted by atomic mass is 10.4. The quantitative estimate of drug-likeness (QED) is 0.899. The molecule has 106 valence electrons. The van der Waals surface area contributed by atoms with E-state index in [1.54, 1.807) is 7.05 Å². The highest BCUT2D eigenvalue weighted by molar-refractivity contribution is 7.92. The van der Waals surface area contributed by atoms with Crippen LogP contribution in [0.4, 0.5) is 11.6 Å². The third-order valence-electron chi connectivity index (χ3n) is 2.33. The molecule has 0 saturated carbocycles. The standard InChI is InChI=1S/C11H10Cl2N4O2S/c1-14-11-9(13)4-8(6-16-11)20(18,19)17-10-3-2-7(12)5-15-10/h2-6H,1H3,(H,14,16)(H,15,17). The lowest BCUT2D eigenvalue weighted by Gasteiger charge is -2.08. The van der Waals surface area contributed by atoms with Gasteiger partial charge >= 0.3 is 0 Å². The number of aromatic nitrogens is 2. The smallest absolute Gasteiger partial charge is 0.264 e. The first kappa shape index (κ1) is 14.8. The maximum atomic E-state index is 12.1. The summed E-state index contributed by atoms with van der Waals surface area (Å²) in [7, 11) is -2.17. The fourth-order valence-electron chi connectivity index (χ4n) is 1.38. The van der Waals surface area contributed by atoms with Crippen LogP contribution >= 0.6 is 23.2 Å². The van der Waals surface area contributed by atoms with Crippen LogP contribution in [0.2, 0.25) is 10.0 Å². The number of anilines is 2. The average molecular weight is 333 g/mol. The summed E-state index contributed by atoms with van der Waals surface area (Å²) in [5.41, 5.74) is 0. The van der Waals surface area contributed by atoms with E-state index in [1.165, 1.54) is 30.6 Å². The molecule has 2 aromatic heterocycles. The third-order valence-corrected chi connectivity index (χ3v) is 4.16. The van der Waals surface area contributed by atoms with Crippen LogP contribution in [0.3, 0.4) is 0 Å². The maximum Gasteiger partial charge on any atom is 0.264 e. The van der Waals surface area contributed by atoms with Gasteiger partial charge < -0.3 is 5.32 Å². The molecule has 20 heavy (non-hydrogen) atoms. The lowest BCUT2D eigenvalue weighted by Crippen LogP contribution is -2.14. The Morgan fingerprint density at radius 1 is 1.15 bits per heavy atom. The van der Waals surface area contributed by atoms with Crippen molar-refractivity contribution in [3.8, 4) is 0 Å². The zero-order valence-electron chi connectivity index (χ0n) is 10.3. The van der Waals surface area contributed by atoms with E-state index in [0.29, 0.717) is 10.8 Å². The predicted molar refractivity (Wildman–Crippen MR) is 78.8 cm³/mol. The summed E-state index contributed by atoms with van der Waals surface area (Å²) in [6, 6.07) is 4.29. The Morgan fingerprint density at radius 3 is 2.45 bits per heavy atom. The van der Waals surface area contributed by atoms with Gasteiger partial charge in [0.2, 0.25) is 0 Å². The van der Waals surface area contributed by atoms with Crippen LogP contribution in [0.15, 0.2) is 35.5 Å². The molecule has 0 saturated heterocycles. The summed E-state index contributed by atoms with van der Waals surface area (Å²) in [6.07, 6.45) is 2.55. The van der Waals surface area contributed by atoms with Crippen LogP contribution in [0.25, 0.3) is 0 Å². The van der Waals surface area contributed by atoms with E-state index in [4.69, 9.17) is 23.2 Å². The van der Waals surface area contributed by atoms with Crippen LogP contribution in [-0.4, -0.2) is 25.4 Å². The summed E-state index contributed by atoms with van der Waals surface area (Å²) >= 11 is 11.6. The van der Waals surface area contributed by atoms with Crippen molar-refractivity contribution in [3.05, 3.63) is 40.6 Å². The highest BCUT2D eigenvalue weighted by Gasteiger charge is 2.17. The second kappa shape index (κ2) is 5.82. The second-order valence-corrected chi connectivity index (χ2v) is 6.24. The SMILES string of the molecule is CNc1ncc(S(=O)(=O)Nc2ccc(Cl)cn2)cc1Cl. The van der Waals surface area contributed by atoms with Gasteiger partial charge in [0.15, 0.2) is 0 Å². The fraction of sp³-hybridized carbons (Fsp3) is 0.0909. The molecule has 2 N–H and O–H groups in total. The van der Waals surface area contributed by atoms with Crippen molar-refractivity contribution in [1.29, 1.82) is 0 Å². The third kappa shape index (κ3) is 3.30. The number of hydrogen-bond donors (Lipinski definition) is 2. The monoisotopic (exact) mass is 332 g/mol. The molecule has 2 aromatic rings. The van der Waals surface area contributed by atoms with Crippen molar-refractivity contribution in [2.75, 3.05) is 17.1 Å². The van der Waals surface area contributed by atoms with Crippen LogP contribution in [0.5, 0.6) is 0 Å². The molecule has 0 spiro atoms. The molecule has 0 aliphatic heterocycles. The Morgan fingerprint density at radius 2 is 1.90 bits per heavy atom. The molecule has 6 nitrogen and oxygen atoms in total. The van der Waals surface area contributed by atoms with Gasteiger partial charge in [0, 0.05) is 19.4 Å². The number of nitrogens with one attached hydrogen (secondary N) is 2. The van der Waals surface area contributed by atoms with Gasteiger partial charge in [-0.15, -0.1) is 0 Å². The number of rotatable bonds is 4. The van der Waals surface area contributed by atoms with Gasteiger partial charge in [-0.3, -0.25) is 4.72 Å². The Kier molecular flexibility index (Phi) is 4.32. The van der Waals surface area contributed by atoms with E-state index < -0.39 is 10.0 Å². The molecule has 0 fully saturated rings. The lowest BCUT2D eigenvalue weighted by molar-refractivity contribution is 0.600. The van der Waals surface area contributed by atoms with E-state index in [1.807, 2.05) is 0 Å². The van der Waals surface area contributed by atoms with Gasteiger partial charge in [0.05, 0.1) is 10.0 Å². The summed E-state index contributed by atoms with van der Waals surface area (Å²) < 4.78 is 26.6. The van der Waals surface area contributed by atoms with Crippen molar-refractivity contribution < 1.29 is 8.42 Å². The van der Waals surface area contributed by atoms with Crippen LogP contribution in [0.1, 0.15) is 0 Å². The topological polar surface area (TPSA) is 84.0 Å². The molecule has 0 aliphatic rings. The summed E-state index contributed by atoms with van der Waals surface area (Å²) in [5.74, 6) is 0.554. The van der Waals surface area contributed by atoms with E-state index in [2.05, 4.69) is 20.0 Å². The maximum absolute atomic E-state index is 12.1. The molecule has 0 amide bonds. The van der Waals surface area contributed by atoms with Crippen molar-refractivity contribution in [3.63, 3.8) is 0 Å². The van der Waals surface area contributed by atoms with Crippen LogP contribution in [0, 0.1) is 0 Å². The molecule has 2 heterocycles. The molecule has 0 aromatic carbocycles. The first-order valence-corrected chi connectivity index (χ1v) is 7.64. The Bertz CT molecular complexity index is 720. The van der Waals surface area contributed by atoms with Crippen molar-refractivity contribution in [1.82, 2.24) is 9.97 Å². The van der Waals surface area contributed by atoms with Gasteiger partial charge in [-0.2, -0.15) is 0 Å². The molecule has 0 radical (unpaired) electrons. The zero-order valence-corrected chi connectivity index (χ0v) is 12.6. The summed E-state index contributed by atoms with van der Waals surface area (Å²) in [6.45, 7) is 0. The summed E-state index contributed by atoms with van der Waals surface area (Å²) in [4.78, 5) is 7.71. The zero-order chi connectivity index (χ0) is 14.8. The first-order chi connectivity index (χ1) is 9.42. The van der Waals surface area contributed by atoms with Crippen LogP contribution < -0.4 is 10.0 Å². The van der Waals surface area contributed by atoms with Gasteiger partial charge in [-0.25, -0.2) is 18.4 Å². The van der Waals surface area contributed by atoms with Crippen LogP contribution in [-0.2, 0) is 10.0 Å². The van der Waals surface area contributed by atoms with Gasteiger partial charge in [-0.05, 0) is 18.2 Å². The number of nitrogens with zero attached hydrogens (tertiary/aromatic N) is 2. The Balaban J connectivity index is 2.30. The average Bonchev–Trinajstić information content (AvgIpc) is 2.41. The number of hydrogen-bond acceptors (Lipinski definition) is 5.